The molecule has 2 fully saturated rings. The summed E-state index contributed by atoms with van der Waals surface area (Å²) in [6.45, 7) is 15.3. The molecule has 1 heterocycles. The zero-order valence-electron chi connectivity index (χ0n) is 18.8. The van der Waals surface area contributed by atoms with Crippen molar-refractivity contribution in [3.8, 4) is 0 Å². The number of amides is 1. The van der Waals surface area contributed by atoms with Gasteiger partial charge >= 0.3 is 0 Å². The van der Waals surface area contributed by atoms with Crippen LogP contribution in [0.2, 0.25) is 0 Å². The molecule has 0 aromatic heterocycles. The van der Waals surface area contributed by atoms with Gasteiger partial charge in [-0.15, -0.1) is 0 Å². The van der Waals surface area contributed by atoms with Crippen LogP contribution in [0.3, 0.4) is 0 Å². The number of carbonyl (C=O) groups excluding carboxylic acids is 1. The Kier molecular flexibility index (Phi) is 9.56. The lowest BCUT2D eigenvalue weighted by Gasteiger charge is -2.30. The summed E-state index contributed by atoms with van der Waals surface area (Å²) >= 11 is 0. The number of likely N-dealkylation sites (tertiary alicyclic amines) is 1. The molecule has 0 aromatic rings. The fourth-order valence-corrected chi connectivity index (χ4v) is 4.59. The van der Waals surface area contributed by atoms with E-state index in [1.165, 1.54) is 19.3 Å². The molecule has 28 heavy (non-hydrogen) atoms. The van der Waals surface area contributed by atoms with Gasteiger partial charge in [-0.25, -0.2) is 0 Å². The van der Waals surface area contributed by atoms with E-state index in [0.29, 0.717) is 24.0 Å². The number of guanidine groups is 1. The Morgan fingerprint density at radius 1 is 1.11 bits per heavy atom. The Balaban J connectivity index is 1.83. The summed E-state index contributed by atoms with van der Waals surface area (Å²) in [4.78, 5) is 22.1. The van der Waals surface area contributed by atoms with Crippen LogP contribution in [0.5, 0.6) is 0 Å². The van der Waals surface area contributed by atoms with Crippen molar-refractivity contribution in [2.45, 2.75) is 91.3 Å². The van der Waals surface area contributed by atoms with Gasteiger partial charge in [-0.3, -0.25) is 14.7 Å². The monoisotopic (exact) mass is 393 g/mol. The molecule has 1 aliphatic carbocycles. The van der Waals surface area contributed by atoms with Crippen LogP contribution in [0, 0.1) is 5.92 Å². The van der Waals surface area contributed by atoms with E-state index >= 15 is 0 Å². The van der Waals surface area contributed by atoms with Gasteiger partial charge in [0.15, 0.2) is 5.96 Å². The Hall–Kier alpha value is -1.30. The van der Waals surface area contributed by atoms with E-state index in [1.807, 2.05) is 0 Å². The number of nitrogens with one attached hydrogen (secondary N) is 2. The highest BCUT2D eigenvalue weighted by molar-refractivity contribution is 5.81. The highest BCUT2D eigenvalue weighted by Crippen LogP contribution is 2.26. The molecule has 6 nitrogen and oxygen atoms in total. The van der Waals surface area contributed by atoms with Gasteiger partial charge in [-0.2, -0.15) is 0 Å². The molecule has 2 N–H and O–H groups in total. The van der Waals surface area contributed by atoms with Crippen LogP contribution in [0.1, 0.15) is 73.1 Å². The van der Waals surface area contributed by atoms with E-state index in [4.69, 9.17) is 4.99 Å². The molecule has 1 amide bonds. The standard InChI is InChI=1S/C22H43N5O/c1-6-23-22(24-13-15-27(17(2)3)18(4)5)25-20-12-14-26(16-20)21(28)19-10-8-7-9-11-19/h17-20H,6-16H2,1-5H3,(H2,23,24,25). The number of hydrogen-bond acceptors (Lipinski definition) is 3. The highest BCUT2D eigenvalue weighted by atomic mass is 16.2. The first-order valence-electron chi connectivity index (χ1n) is 11.5. The smallest absolute Gasteiger partial charge is 0.225 e. The van der Waals surface area contributed by atoms with Crippen LogP contribution in [0.15, 0.2) is 4.99 Å². The van der Waals surface area contributed by atoms with Crippen LogP contribution in [-0.4, -0.2) is 72.5 Å². The first-order chi connectivity index (χ1) is 13.4. The first-order valence-corrected chi connectivity index (χ1v) is 11.5. The molecule has 1 saturated carbocycles. The average Bonchev–Trinajstić information content (AvgIpc) is 3.13. The van der Waals surface area contributed by atoms with Crippen LogP contribution < -0.4 is 10.6 Å². The lowest BCUT2D eigenvalue weighted by molar-refractivity contribution is -0.135. The minimum absolute atomic E-state index is 0.271. The van der Waals surface area contributed by atoms with Crippen LogP contribution >= 0.6 is 0 Å². The van der Waals surface area contributed by atoms with Gasteiger partial charge in [0.2, 0.25) is 5.91 Å². The van der Waals surface area contributed by atoms with Crippen molar-refractivity contribution in [3.63, 3.8) is 0 Å². The molecular weight excluding hydrogens is 350 g/mol. The molecule has 0 bridgehead atoms. The number of nitrogens with zero attached hydrogens (tertiary/aromatic N) is 3. The second kappa shape index (κ2) is 11.6. The summed E-state index contributed by atoms with van der Waals surface area (Å²) in [6.07, 6.45) is 6.90. The lowest BCUT2D eigenvalue weighted by atomic mass is 9.88. The first kappa shape index (κ1) is 23.0. The molecule has 0 radical (unpaired) electrons. The third-order valence-corrected chi connectivity index (χ3v) is 6.09. The fourth-order valence-electron chi connectivity index (χ4n) is 4.59. The van der Waals surface area contributed by atoms with Gasteiger partial charge < -0.3 is 15.5 Å². The summed E-state index contributed by atoms with van der Waals surface area (Å²) in [7, 11) is 0. The molecule has 1 saturated heterocycles. The summed E-state index contributed by atoms with van der Waals surface area (Å²) in [5.74, 6) is 1.54. The van der Waals surface area contributed by atoms with Gasteiger partial charge in [0.05, 0.1) is 6.54 Å². The maximum atomic E-state index is 12.8. The van der Waals surface area contributed by atoms with Gasteiger partial charge in [-0.05, 0) is 53.9 Å². The minimum atomic E-state index is 0.271. The van der Waals surface area contributed by atoms with Gasteiger partial charge in [0.1, 0.15) is 0 Å². The number of aliphatic imine (C=N–C) groups is 1. The van der Waals surface area contributed by atoms with E-state index in [2.05, 4.69) is 55.1 Å². The molecule has 0 aromatic carbocycles. The summed E-state index contributed by atoms with van der Waals surface area (Å²) in [6, 6.07) is 1.36. The Bertz CT molecular complexity index is 491. The topological polar surface area (TPSA) is 60.0 Å². The molecule has 1 aliphatic heterocycles. The maximum Gasteiger partial charge on any atom is 0.225 e. The predicted octanol–water partition coefficient (Wildman–Crippen LogP) is 2.84. The zero-order chi connectivity index (χ0) is 20.5. The van der Waals surface area contributed by atoms with Crippen molar-refractivity contribution < 1.29 is 4.79 Å². The fraction of sp³-hybridized carbons (Fsp3) is 0.909. The zero-order valence-corrected chi connectivity index (χ0v) is 18.8. The van der Waals surface area contributed by atoms with Crippen LogP contribution in [0.25, 0.3) is 0 Å². The maximum absolute atomic E-state index is 12.8. The second-order valence-corrected chi connectivity index (χ2v) is 8.94. The van der Waals surface area contributed by atoms with Crippen LogP contribution in [0.4, 0.5) is 0 Å². The molecule has 162 valence electrons. The van der Waals surface area contributed by atoms with Crippen molar-refractivity contribution in [1.82, 2.24) is 20.4 Å². The average molecular weight is 394 g/mol. The number of carbonyl (C=O) groups is 1. The predicted molar refractivity (Wildman–Crippen MR) is 118 cm³/mol. The third kappa shape index (κ3) is 6.94. The number of rotatable bonds is 8. The Labute approximate surface area is 172 Å². The van der Waals surface area contributed by atoms with Crippen molar-refractivity contribution in [3.05, 3.63) is 0 Å². The van der Waals surface area contributed by atoms with E-state index in [-0.39, 0.29) is 5.92 Å². The van der Waals surface area contributed by atoms with E-state index in [1.54, 1.807) is 0 Å². The van der Waals surface area contributed by atoms with Crippen molar-refractivity contribution in [1.29, 1.82) is 0 Å². The molecule has 1 atom stereocenters. The summed E-state index contributed by atoms with van der Waals surface area (Å²) in [5.41, 5.74) is 0. The molecule has 1 unspecified atom stereocenters. The SMILES string of the molecule is CCNC(=NCCN(C(C)C)C(C)C)NC1CCN(C(=O)C2CCCCC2)C1. The summed E-state index contributed by atoms with van der Waals surface area (Å²) in [5, 5.41) is 6.93. The minimum Gasteiger partial charge on any atom is -0.357 e. The highest BCUT2D eigenvalue weighted by Gasteiger charge is 2.31. The van der Waals surface area contributed by atoms with Gasteiger partial charge in [0.25, 0.3) is 0 Å². The van der Waals surface area contributed by atoms with E-state index in [0.717, 1.165) is 57.9 Å². The van der Waals surface area contributed by atoms with Crippen molar-refractivity contribution >= 4 is 11.9 Å². The van der Waals surface area contributed by atoms with Crippen molar-refractivity contribution in [2.75, 3.05) is 32.7 Å². The Morgan fingerprint density at radius 2 is 1.79 bits per heavy atom. The van der Waals surface area contributed by atoms with Crippen molar-refractivity contribution in [2.24, 2.45) is 10.9 Å². The Morgan fingerprint density at radius 3 is 2.39 bits per heavy atom. The lowest BCUT2D eigenvalue weighted by Crippen LogP contribution is -2.46. The normalized spacial score (nSPS) is 21.8. The largest absolute Gasteiger partial charge is 0.357 e. The second-order valence-electron chi connectivity index (χ2n) is 8.94. The van der Waals surface area contributed by atoms with Gasteiger partial charge in [0, 0.05) is 50.2 Å². The van der Waals surface area contributed by atoms with Crippen LogP contribution in [-0.2, 0) is 4.79 Å². The molecular formula is C22H43N5O. The quantitative estimate of drug-likeness (QED) is 0.492. The third-order valence-electron chi connectivity index (χ3n) is 6.09. The molecule has 6 heteroatoms. The molecule has 0 spiro atoms. The van der Waals surface area contributed by atoms with E-state index in [9.17, 15) is 4.79 Å². The van der Waals surface area contributed by atoms with E-state index < -0.39 is 0 Å². The molecule has 2 rings (SSSR count). The molecule has 2 aliphatic rings. The number of hydrogen-bond donors (Lipinski definition) is 2. The van der Waals surface area contributed by atoms with Gasteiger partial charge in [-0.1, -0.05) is 19.3 Å². The summed E-state index contributed by atoms with van der Waals surface area (Å²) < 4.78 is 0.